The van der Waals surface area contributed by atoms with Crippen molar-refractivity contribution in [3.05, 3.63) is 0 Å². The first-order valence-corrected chi connectivity index (χ1v) is 2.75. The van der Waals surface area contributed by atoms with Gasteiger partial charge in [-0.3, -0.25) is 0 Å². The second-order valence-electron chi connectivity index (χ2n) is 0.682. The minimum Gasteiger partial charge on any atom is -0.241 e. The number of amides is 2. The van der Waals surface area contributed by atoms with Gasteiger partial charge in [0.15, 0.2) is 0 Å². The van der Waals surface area contributed by atoms with Crippen molar-refractivity contribution in [2.24, 2.45) is 8.73 Å². The van der Waals surface area contributed by atoms with Gasteiger partial charge in [0.25, 0.3) is 0 Å². The minimum atomic E-state index is -2.73. The topological polar surface area (TPSA) is 75.9 Å². The molecule has 5 nitrogen and oxygen atoms in total. The van der Waals surface area contributed by atoms with Crippen LogP contribution in [-0.2, 0) is 22.9 Å². The molecule has 7 heteroatoms. The van der Waals surface area contributed by atoms with E-state index in [4.69, 9.17) is 0 Å². The van der Waals surface area contributed by atoms with E-state index in [2.05, 4.69) is 21.2 Å². The number of hydrogen-bond donors (Lipinski definition) is 0. The normalized spacial score (nSPS) is 7.50. The molecule has 0 aliphatic heterocycles. The average Bonchev–Trinajstić information content (AvgIpc) is 1.65. The molecule has 2 amide bonds. The average molecular weight is 152 g/mol. The number of rotatable bonds is 0. The Hall–Kier alpha value is -0.690. The molecule has 0 rings (SSSR count). The molecule has 8 heavy (non-hydrogen) atoms. The summed E-state index contributed by atoms with van der Waals surface area (Å²) in [5.41, 5.74) is 0. The molecule has 44 valence electrons. The molecule has 0 aliphatic rings. The molecule has 0 aromatic rings. The number of urea groups is 1. The summed E-state index contributed by atoms with van der Waals surface area (Å²) in [6.07, 6.45) is 0. The van der Waals surface area contributed by atoms with Gasteiger partial charge in [-0.1, -0.05) is 4.36 Å². The third kappa shape index (κ3) is 3.50. The van der Waals surface area contributed by atoms with Gasteiger partial charge in [-0.05, 0) is 0 Å². The molecule has 0 aromatic heterocycles. The van der Waals surface area contributed by atoms with Crippen molar-refractivity contribution in [1.29, 1.82) is 0 Å². The summed E-state index contributed by atoms with van der Waals surface area (Å²) in [4.78, 5) is 9.79. The van der Waals surface area contributed by atoms with E-state index in [1.165, 1.54) is 0 Å². The van der Waals surface area contributed by atoms with Crippen LogP contribution < -0.4 is 0 Å². The molecule has 0 saturated heterocycles. The van der Waals surface area contributed by atoms with E-state index < -0.39 is 16.5 Å². The van der Waals surface area contributed by atoms with Crippen molar-refractivity contribution in [3.8, 4) is 0 Å². The first-order chi connectivity index (χ1) is 3.66. The summed E-state index contributed by atoms with van der Waals surface area (Å²) < 4.78 is 23.9. The van der Waals surface area contributed by atoms with Crippen molar-refractivity contribution in [3.63, 3.8) is 0 Å². The maximum absolute atomic E-state index is 9.79. The Bertz CT molecular complexity index is 218. The molecule has 0 aromatic carbocycles. The number of nitrogens with zero attached hydrogens (tertiary/aromatic N) is 2. The maximum Gasteiger partial charge on any atom is 0.393 e. The molecular formula is CN2O3S2. The fourth-order valence-corrected chi connectivity index (χ4v) is 0.341. The summed E-state index contributed by atoms with van der Waals surface area (Å²) in [5, 5.41) is 0. The van der Waals surface area contributed by atoms with Gasteiger partial charge in [0, 0.05) is 12.4 Å². The Morgan fingerprint density at radius 3 is 2.12 bits per heavy atom. The Kier molecular flexibility index (Phi) is 3.04. The third-order valence-corrected chi connectivity index (χ3v) is 0.692. The van der Waals surface area contributed by atoms with Crippen molar-refractivity contribution >= 4 is 29.0 Å². The zero-order valence-corrected chi connectivity index (χ0v) is 5.07. The predicted molar refractivity (Wildman–Crippen MR) is 26.5 cm³/mol. The second-order valence-corrected chi connectivity index (χ2v) is 1.48. The second kappa shape index (κ2) is 3.33. The highest BCUT2D eigenvalue weighted by Crippen LogP contribution is 1.75. The monoisotopic (exact) mass is 152 g/mol. The summed E-state index contributed by atoms with van der Waals surface area (Å²) in [6, 6.07) is -1.17. The van der Waals surface area contributed by atoms with Crippen LogP contribution in [0, 0.1) is 0 Å². The molecular weight excluding hydrogens is 152 g/mol. The van der Waals surface area contributed by atoms with Gasteiger partial charge in [-0.25, -0.2) is 4.79 Å². The highest BCUT2D eigenvalue weighted by atomic mass is 32.2. The first-order valence-electron chi connectivity index (χ1n) is 1.35. The van der Waals surface area contributed by atoms with Gasteiger partial charge in [0.1, 0.15) is 0 Å². The van der Waals surface area contributed by atoms with E-state index in [1.807, 2.05) is 0 Å². The largest absolute Gasteiger partial charge is 0.393 e. The maximum atomic E-state index is 9.79. The van der Waals surface area contributed by atoms with Gasteiger partial charge < -0.3 is 0 Å². The van der Waals surface area contributed by atoms with E-state index in [9.17, 15) is 13.2 Å². The molecule has 0 fully saturated rings. The van der Waals surface area contributed by atoms with Crippen LogP contribution in [0.4, 0.5) is 4.79 Å². The lowest BCUT2D eigenvalue weighted by Gasteiger charge is -1.64. The Balaban J connectivity index is 4.34. The Morgan fingerprint density at radius 1 is 1.50 bits per heavy atom. The smallest absolute Gasteiger partial charge is 0.241 e. The van der Waals surface area contributed by atoms with Crippen molar-refractivity contribution in [2.75, 3.05) is 0 Å². The molecule has 0 spiro atoms. The first kappa shape index (κ1) is 7.31. The van der Waals surface area contributed by atoms with Crippen molar-refractivity contribution in [1.82, 2.24) is 0 Å². The number of carbonyl (C=O) groups is 1. The highest BCUT2D eigenvalue weighted by molar-refractivity contribution is 7.62. The molecule has 0 aliphatic carbocycles. The molecule has 0 bridgehead atoms. The van der Waals surface area contributed by atoms with Crippen LogP contribution in [0.1, 0.15) is 0 Å². The van der Waals surface area contributed by atoms with Crippen LogP contribution in [0.3, 0.4) is 0 Å². The lowest BCUT2D eigenvalue weighted by molar-refractivity contribution is 0.258. The molecule has 0 heterocycles. The fraction of sp³-hybridized carbons (Fsp3) is 0. The van der Waals surface area contributed by atoms with Crippen LogP contribution in [0.15, 0.2) is 8.73 Å². The van der Waals surface area contributed by atoms with Gasteiger partial charge in [0.05, 0.1) is 0 Å². The Labute approximate surface area is 51.6 Å². The van der Waals surface area contributed by atoms with Crippen LogP contribution in [0.25, 0.3) is 0 Å². The molecule has 0 radical (unpaired) electrons. The van der Waals surface area contributed by atoms with Gasteiger partial charge in [-0.15, -0.1) is 4.36 Å². The van der Waals surface area contributed by atoms with Gasteiger partial charge >= 0.3 is 16.5 Å². The van der Waals surface area contributed by atoms with Crippen LogP contribution in [0.2, 0.25) is 0 Å². The van der Waals surface area contributed by atoms with E-state index in [0.717, 1.165) is 0 Å². The fourth-order valence-electron chi connectivity index (χ4n) is 0.0804. The predicted octanol–water partition coefficient (Wildman–Crippen LogP) is -0.100. The summed E-state index contributed by atoms with van der Waals surface area (Å²) in [7, 11) is -2.73. The molecule has 0 unspecified atom stereocenters. The zero-order valence-electron chi connectivity index (χ0n) is 3.44. The van der Waals surface area contributed by atoms with E-state index in [-0.39, 0.29) is 0 Å². The quantitative estimate of drug-likeness (QED) is 0.485. The van der Waals surface area contributed by atoms with Gasteiger partial charge in [0.2, 0.25) is 0 Å². The zero-order chi connectivity index (χ0) is 6.57. The standard InChI is InChI=1S/CN2O3S2/c4-1(2-7)3-8(5)6. The van der Waals surface area contributed by atoms with Crippen molar-refractivity contribution < 1.29 is 13.2 Å². The number of carbonyl (C=O) groups excluding carboxylic acids is 1. The van der Waals surface area contributed by atoms with E-state index in [0.29, 0.717) is 0 Å². The minimum absolute atomic E-state index is 1.17. The lowest BCUT2D eigenvalue weighted by atomic mass is 11.2. The molecule has 0 atom stereocenters. The molecule has 0 saturated carbocycles. The van der Waals surface area contributed by atoms with Gasteiger partial charge in [-0.2, -0.15) is 8.42 Å². The van der Waals surface area contributed by atoms with Crippen LogP contribution in [0.5, 0.6) is 0 Å². The lowest BCUT2D eigenvalue weighted by Crippen LogP contribution is -1.77. The summed E-state index contributed by atoms with van der Waals surface area (Å²) in [6.45, 7) is 0. The summed E-state index contributed by atoms with van der Waals surface area (Å²) >= 11 is 3.80. The Morgan fingerprint density at radius 2 is 2.00 bits per heavy atom. The third-order valence-electron chi connectivity index (χ3n) is 0.231. The van der Waals surface area contributed by atoms with E-state index >= 15 is 0 Å². The summed E-state index contributed by atoms with van der Waals surface area (Å²) in [5.74, 6) is 0. The van der Waals surface area contributed by atoms with E-state index in [1.54, 1.807) is 0 Å². The van der Waals surface area contributed by atoms with Crippen LogP contribution >= 0.6 is 0 Å². The van der Waals surface area contributed by atoms with Crippen molar-refractivity contribution in [2.45, 2.75) is 0 Å². The molecule has 0 N–H and O–H groups in total. The van der Waals surface area contributed by atoms with Crippen LogP contribution in [-0.4, -0.2) is 14.4 Å². The number of hydrogen-bond acceptors (Lipinski definition) is 4. The SMILES string of the molecule is O=C(N=S)N=S(=O)=O. The highest BCUT2D eigenvalue weighted by Gasteiger charge is 1.88.